The summed E-state index contributed by atoms with van der Waals surface area (Å²) < 4.78 is 28.6. The van der Waals surface area contributed by atoms with Gasteiger partial charge in [-0.25, -0.2) is 4.79 Å². The minimum atomic E-state index is -0.595. The number of rotatable bonds is 12. The first kappa shape index (κ1) is 29.6. The number of fused-ring (bicyclic) bond motifs is 1. The molecule has 214 valence electrons. The first-order valence-corrected chi connectivity index (χ1v) is 13.9. The van der Waals surface area contributed by atoms with Gasteiger partial charge in [-0.1, -0.05) is 43.5 Å². The Kier molecular flexibility index (Phi) is 9.99. The highest BCUT2D eigenvalue weighted by Gasteiger charge is 2.32. The lowest BCUT2D eigenvalue weighted by molar-refractivity contribution is -0.136. The number of ether oxygens (including phenoxy) is 5. The number of nitrogens with zero attached hydrogens (tertiary/aromatic N) is 1. The van der Waals surface area contributed by atoms with Crippen molar-refractivity contribution < 1.29 is 28.5 Å². The van der Waals surface area contributed by atoms with Crippen LogP contribution in [0.1, 0.15) is 55.7 Å². The fourth-order valence-corrected chi connectivity index (χ4v) is 4.60. The Morgan fingerprint density at radius 3 is 2.54 bits per heavy atom. The number of benzene rings is 3. The molecule has 1 aliphatic rings. The molecule has 41 heavy (non-hydrogen) atoms. The molecule has 0 aliphatic carbocycles. The van der Waals surface area contributed by atoms with E-state index < -0.39 is 11.9 Å². The fraction of sp³-hybridized carbons (Fsp3) is 0.312. The second-order valence-corrected chi connectivity index (χ2v) is 9.90. The van der Waals surface area contributed by atoms with E-state index in [1.807, 2.05) is 32.0 Å². The molecule has 0 spiro atoms. The van der Waals surface area contributed by atoms with E-state index in [0.29, 0.717) is 46.8 Å². The summed E-state index contributed by atoms with van der Waals surface area (Å²) >= 11 is 6.04. The Balaban J connectivity index is 1.55. The lowest BCUT2D eigenvalue weighted by Crippen LogP contribution is -2.22. The third-order valence-corrected chi connectivity index (χ3v) is 6.94. The monoisotopic (exact) mass is 576 g/mol. The molecular weight excluding hydrogens is 544 g/mol. The van der Waals surface area contributed by atoms with Gasteiger partial charge in [0.15, 0.2) is 18.1 Å². The summed E-state index contributed by atoms with van der Waals surface area (Å²) in [6, 6.07) is 17.9. The number of nitriles is 1. The van der Waals surface area contributed by atoms with Gasteiger partial charge in [-0.2, -0.15) is 5.26 Å². The van der Waals surface area contributed by atoms with E-state index >= 15 is 0 Å². The van der Waals surface area contributed by atoms with Crippen LogP contribution in [0.15, 0.2) is 66.1 Å². The van der Waals surface area contributed by atoms with Gasteiger partial charge in [0.25, 0.3) is 0 Å². The maximum absolute atomic E-state index is 12.5. The van der Waals surface area contributed by atoms with Crippen LogP contribution in [-0.4, -0.2) is 25.8 Å². The molecule has 0 saturated heterocycles. The van der Waals surface area contributed by atoms with Gasteiger partial charge in [0.05, 0.1) is 19.1 Å². The summed E-state index contributed by atoms with van der Waals surface area (Å²) in [5.74, 6) is 1.24. The van der Waals surface area contributed by atoms with Crippen LogP contribution in [0.4, 0.5) is 0 Å². The van der Waals surface area contributed by atoms with Crippen LogP contribution in [0.2, 0.25) is 5.02 Å². The zero-order valence-corrected chi connectivity index (χ0v) is 24.1. The van der Waals surface area contributed by atoms with Crippen LogP contribution in [0.3, 0.4) is 0 Å². The Labute approximate surface area is 245 Å². The third-order valence-electron chi connectivity index (χ3n) is 6.51. The maximum atomic E-state index is 12.5. The average molecular weight is 577 g/mol. The van der Waals surface area contributed by atoms with Gasteiger partial charge in [-0.15, -0.1) is 0 Å². The van der Waals surface area contributed by atoms with Crippen molar-refractivity contribution in [3.63, 3.8) is 0 Å². The second kappa shape index (κ2) is 13.8. The Morgan fingerprint density at radius 2 is 1.80 bits per heavy atom. The summed E-state index contributed by atoms with van der Waals surface area (Å²) in [5.41, 5.74) is 8.77. The molecule has 1 heterocycles. The van der Waals surface area contributed by atoms with E-state index in [9.17, 15) is 10.1 Å². The molecule has 1 atom stereocenters. The zero-order valence-electron chi connectivity index (χ0n) is 23.4. The molecule has 4 rings (SSSR count). The van der Waals surface area contributed by atoms with Crippen molar-refractivity contribution >= 4 is 17.6 Å². The molecule has 8 nitrogen and oxygen atoms in total. The molecule has 0 radical (unpaired) electrons. The molecule has 3 aromatic rings. The molecular formula is C32H33ClN2O6. The van der Waals surface area contributed by atoms with Crippen molar-refractivity contribution in [2.45, 2.75) is 46.0 Å². The summed E-state index contributed by atoms with van der Waals surface area (Å²) in [7, 11) is 0. The van der Waals surface area contributed by atoms with Gasteiger partial charge in [-0.05, 0) is 67.8 Å². The van der Waals surface area contributed by atoms with Crippen molar-refractivity contribution in [2.24, 2.45) is 5.73 Å². The Morgan fingerprint density at radius 1 is 1.00 bits per heavy atom. The molecule has 2 N–H and O–H groups in total. The molecule has 0 saturated carbocycles. The number of esters is 1. The molecule has 0 amide bonds. The average Bonchev–Trinajstić information content (AvgIpc) is 2.96. The van der Waals surface area contributed by atoms with Gasteiger partial charge in [0.2, 0.25) is 5.88 Å². The fourth-order valence-electron chi connectivity index (χ4n) is 4.48. The molecule has 9 heteroatoms. The van der Waals surface area contributed by atoms with Crippen molar-refractivity contribution in [3.8, 4) is 34.8 Å². The van der Waals surface area contributed by atoms with Gasteiger partial charge in [0, 0.05) is 16.7 Å². The predicted octanol–water partition coefficient (Wildman–Crippen LogP) is 6.82. The SMILES string of the molecule is CCCCCOc1ccc(C2C(C#N)=C(N)Oc3cc(OC(=O)COc4ccc(Cl)c(C)c4)ccc32)cc1OCC. The standard InChI is InChI=1S/C32H33ClN2O6/c1-4-6-7-14-38-27-13-8-21(16-29(27)37-5-2)31-24-11-9-23(17-28(24)41-32(35)25(31)18-34)40-30(36)19-39-22-10-12-26(33)20(3)15-22/h8-13,15-17,31H,4-7,14,19,35H2,1-3H3. The summed E-state index contributed by atoms with van der Waals surface area (Å²) in [5, 5.41) is 10.6. The lowest BCUT2D eigenvalue weighted by Gasteiger charge is -2.27. The van der Waals surface area contributed by atoms with E-state index in [4.69, 9.17) is 41.0 Å². The lowest BCUT2D eigenvalue weighted by atomic mass is 9.83. The smallest absolute Gasteiger partial charge is 0.349 e. The minimum absolute atomic E-state index is 0.0206. The normalized spacial score (nSPS) is 14.0. The highest BCUT2D eigenvalue weighted by atomic mass is 35.5. The number of unbranched alkanes of at least 4 members (excludes halogenated alkanes) is 2. The van der Waals surface area contributed by atoms with E-state index in [-0.39, 0.29) is 23.8 Å². The number of hydrogen-bond acceptors (Lipinski definition) is 8. The van der Waals surface area contributed by atoms with Gasteiger partial charge >= 0.3 is 5.97 Å². The van der Waals surface area contributed by atoms with Crippen molar-refractivity contribution in [2.75, 3.05) is 19.8 Å². The Hall–Kier alpha value is -4.35. The van der Waals surface area contributed by atoms with Gasteiger partial charge < -0.3 is 29.4 Å². The predicted molar refractivity (Wildman–Crippen MR) is 156 cm³/mol. The number of aryl methyl sites for hydroxylation is 1. The van der Waals surface area contributed by atoms with Crippen LogP contribution >= 0.6 is 11.6 Å². The van der Waals surface area contributed by atoms with E-state index in [1.165, 1.54) is 0 Å². The van der Waals surface area contributed by atoms with Crippen LogP contribution in [-0.2, 0) is 4.79 Å². The van der Waals surface area contributed by atoms with Crippen LogP contribution in [0.5, 0.6) is 28.7 Å². The number of hydrogen-bond donors (Lipinski definition) is 1. The Bertz CT molecular complexity index is 1480. The van der Waals surface area contributed by atoms with Crippen LogP contribution < -0.4 is 29.4 Å². The van der Waals surface area contributed by atoms with Gasteiger partial charge in [-0.3, -0.25) is 0 Å². The molecule has 0 fully saturated rings. The zero-order chi connectivity index (χ0) is 29.4. The second-order valence-electron chi connectivity index (χ2n) is 9.49. The van der Waals surface area contributed by atoms with Crippen molar-refractivity contribution in [1.29, 1.82) is 5.26 Å². The van der Waals surface area contributed by atoms with E-state index in [0.717, 1.165) is 30.4 Å². The third kappa shape index (κ3) is 7.24. The molecule has 1 unspecified atom stereocenters. The highest BCUT2D eigenvalue weighted by Crippen LogP contribution is 2.45. The van der Waals surface area contributed by atoms with Crippen molar-refractivity contribution in [3.05, 3.63) is 87.8 Å². The summed E-state index contributed by atoms with van der Waals surface area (Å²) in [6.45, 7) is 6.65. The number of halogens is 1. The quantitative estimate of drug-likeness (QED) is 0.142. The number of carbonyl (C=O) groups excluding carboxylic acids is 1. The largest absolute Gasteiger partial charge is 0.490 e. The first-order valence-electron chi connectivity index (χ1n) is 13.5. The summed E-state index contributed by atoms with van der Waals surface area (Å²) in [4.78, 5) is 12.5. The number of carbonyl (C=O) groups is 1. The van der Waals surface area contributed by atoms with Gasteiger partial charge in [0.1, 0.15) is 28.9 Å². The topological polar surface area (TPSA) is 113 Å². The highest BCUT2D eigenvalue weighted by molar-refractivity contribution is 6.31. The van der Waals surface area contributed by atoms with Crippen molar-refractivity contribution in [1.82, 2.24) is 0 Å². The maximum Gasteiger partial charge on any atom is 0.349 e. The number of nitrogens with two attached hydrogens (primary N) is 1. The molecule has 0 aromatic heterocycles. The molecule has 1 aliphatic heterocycles. The van der Waals surface area contributed by atoms with E-state index in [1.54, 1.807) is 36.4 Å². The number of allylic oxidation sites excluding steroid dienone is 1. The first-order chi connectivity index (χ1) is 19.8. The molecule has 3 aromatic carbocycles. The van der Waals surface area contributed by atoms with E-state index in [2.05, 4.69) is 13.0 Å². The molecule has 0 bridgehead atoms. The van der Waals surface area contributed by atoms with Crippen LogP contribution in [0, 0.1) is 18.3 Å². The minimum Gasteiger partial charge on any atom is -0.490 e. The summed E-state index contributed by atoms with van der Waals surface area (Å²) in [6.07, 6.45) is 3.14. The van der Waals surface area contributed by atoms with Crippen LogP contribution in [0.25, 0.3) is 0 Å².